The van der Waals surface area contributed by atoms with Crippen LogP contribution in [-0.4, -0.2) is 37.7 Å². The van der Waals surface area contributed by atoms with Crippen molar-refractivity contribution in [1.82, 2.24) is 14.3 Å². The first-order valence-corrected chi connectivity index (χ1v) is 13.3. The predicted molar refractivity (Wildman–Crippen MR) is 138 cm³/mol. The molecule has 1 fully saturated rings. The molecule has 0 saturated carbocycles. The molecule has 2 aromatic rings. The predicted octanol–water partition coefficient (Wildman–Crippen LogP) is 7.35. The van der Waals surface area contributed by atoms with Gasteiger partial charge in [-0.3, -0.25) is 18.9 Å². The lowest BCUT2D eigenvalue weighted by atomic mass is 10.1. The third kappa shape index (κ3) is 7.85. The maximum absolute atomic E-state index is 12.6. The number of imide groups is 1. The molecule has 0 bridgehead atoms. The fraction of sp³-hybridized carbons (Fsp3) is 0.542. The van der Waals surface area contributed by atoms with Crippen molar-refractivity contribution in [1.29, 1.82) is 0 Å². The zero-order valence-electron chi connectivity index (χ0n) is 18.8. The van der Waals surface area contributed by atoms with E-state index in [1.165, 1.54) is 43.4 Å². The molecule has 0 spiro atoms. The van der Waals surface area contributed by atoms with Gasteiger partial charge in [-0.05, 0) is 55.3 Å². The maximum atomic E-state index is 12.6. The van der Waals surface area contributed by atoms with Gasteiger partial charge in [-0.15, -0.1) is 24.2 Å². The quantitative estimate of drug-likeness (QED) is 0.156. The minimum atomic E-state index is -0.119. The summed E-state index contributed by atoms with van der Waals surface area (Å²) in [5, 5.41) is 1.04. The van der Waals surface area contributed by atoms with Crippen LogP contribution in [0.15, 0.2) is 46.6 Å². The number of halogens is 1. The number of hydrogen-bond acceptors (Lipinski definition) is 5. The third-order valence-corrected chi connectivity index (χ3v) is 7.51. The Morgan fingerprint density at radius 3 is 2.62 bits per heavy atom. The Labute approximate surface area is 206 Å². The highest BCUT2D eigenvalue weighted by molar-refractivity contribution is 8.18. The molecule has 176 valence electrons. The molecule has 1 aliphatic rings. The molecule has 1 aliphatic heterocycles. The summed E-state index contributed by atoms with van der Waals surface area (Å²) in [6.45, 7) is 2.74. The standard InChI is InChI=1S/C24H33N3O2S2.ClH/c1-2-3-4-5-6-7-8-9-13-20-23(28)27(24(29)31-20)17-10-11-19-30-22-15-12-14-21-25-16-18-26(21)22;/h12-16,18H,2-11,17,19H2,1H3;1H/b20-13+;. The summed E-state index contributed by atoms with van der Waals surface area (Å²) in [5.41, 5.74) is 0.950. The van der Waals surface area contributed by atoms with Crippen LogP contribution in [0, 0.1) is 0 Å². The van der Waals surface area contributed by atoms with E-state index in [1.807, 2.05) is 24.4 Å². The first-order chi connectivity index (χ1) is 15.2. The van der Waals surface area contributed by atoms with Crippen LogP contribution in [0.25, 0.3) is 5.65 Å². The molecule has 2 amide bonds. The van der Waals surface area contributed by atoms with Crippen LogP contribution in [0.5, 0.6) is 0 Å². The van der Waals surface area contributed by atoms with Crippen LogP contribution >= 0.6 is 35.9 Å². The zero-order chi connectivity index (χ0) is 21.9. The van der Waals surface area contributed by atoms with Gasteiger partial charge in [0, 0.05) is 18.9 Å². The van der Waals surface area contributed by atoms with Crippen LogP contribution in [-0.2, 0) is 4.79 Å². The molecule has 2 aromatic heterocycles. The van der Waals surface area contributed by atoms with E-state index >= 15 is 0 Å². The van der Waals surface area contributed by atoms with Gasteiger partial charge < -0.3 is 0 Å². The number of carbonyl (C=O) groups is 2. The highest BCUT2D eigenvalue weighted by Crippen LogP contribution is 2.31. The monoisotopic (exact) mass is 495 g/mol. The number of unbranched alkanes of at least 4 members (excludes halogenated alkanes) is 8. The highest BCUT2D eigenvalue weighted by Gasteiger charge is 2.34. The molecule has 0 radical (unpaired) electrons. The van der Waals surface area contributed by atoms with Gasteiger partial charge in [-0.25, -0.2) is 4.98 Å². The average molecular weight is 496 g/mol. The number of pyridine rings is 1. The lowest BCUT2D eigenvalue weighted by Gasteiger charge is -2.12. The van der Waals surface area contributed by atoms with Gasteiger partial charge in [0.25, 0.3) is 11.1 Å². The van der Waals surface area contributed by atoms with Gasteiger partial charge in [0.15, 0.2) is 0 Å². The van der Waals surface area contributed by atoms with Crippen LogP contribution in [0.4, 0.5) is 4.79 Å². The molecule has 0 N–H and O–H groups in total. The molecule has 0 unspecified atom stereocenters. The third-order valence-electron chi connectivity index (χ3n) is 5.43. The summed E-state index contributed by atoms with van der Waals surface area (Å²) >= 11 is 2.88. The summed E-state index contributed by atoms with van der Waals surface area (Å²) in [5.74, 6) is 0.843. The first kappa shape index (κ1) is 26.8. The van der Waals surface area contributed by atoms with Crippen LogP contribution in [0.1, 0.15) is 71.1 Å². The Hall–Kier alpha value is -1.44. The molecule has 32 heavy (non-hydrogen) atoms. The number of rotatable bonds is 14. The molecule has 3 rings (SSSR count). The van der Waals surface area contributed by atoms with Crippen molar-refractivity contribution in [2.45, 2.75) is 76.2 Å². The van der Waals surface area contributed by atoms with E-state index in [1.54, 1.807) is 18.0 Å². The van der Waals surface area contributed by atoms with Gasteiger partial charge in [0.1, 0.15) is 5.65 Å². The Bertz CT molecular complexity index is 900. The van der Waals surface area contributed by atoms with E-state index in [0.29, 0.717) is 11.4 Å². The molecule has 0 aliphatic carbocycles. The minimum absolute atomic E-state index is 0. The van der Waals surface area contributed by atoms with E-state index in [2.05, 4.69) is 22.4 Å². The fourth-order valence-electron chi connectivity index (χ4n) is 3.65. The van der Waals surface area contributed by atoms with Crippen LogP contribution in [0.3, 0.4) is 0 Å². The van der Waals surface area contributed by atoms with Crippen molar-refractivity contribution in [3.05, 3.63) is 41.6 Å². The normalized spacial score (nSPS) is 15.2. The van der Waals surface area contributed by atoms with Crippen LogP contribution < -0.4 is 0 Å². The average Bonchev–Trinajstić information content (AvgIpc) is 3.35. The Kier molecular flexibility index (Phi) is 12.3. The van der Waals surface area contributed by atoms with Crippen molar-refractivity contribution in [2.75, 3.05) is 12.3 Å². The topological polar surface area (TPSA) is 54.7 Å². The lowest BCUT2D eigenvalue weighted by Crippen LogP contribution is -2.29. The number of nitrogens with zero attached hydrogens (tertiary/aromatic N) is 3. The fourth-order valence-corrected chi connectivity index (χ4v) is 5.55. The number of aromatic nitrogens is 2. The van der Waals surface area contributed by atoms with Gasteiger partial charge in [0.05, 0.1) is 9.93 Å². The number of fused-ring (bicyclic) bond motifs is 1. The van der Waals surface area contributed by atoms with Crippen molar-refractivity contribution >= 4 is 52.7 Å². The molecule has 0 atom stereocenters. The van der Waals surface area contributed by atoms with Crippen molar-refractivity contribution in [3.8, 4) is 0 Å². The molecule has 1 saturated heterocycles. The number of imidazole rings is 1. The largest absolute Gasteiger partial charge is 0.294 e. The second-order valence-corrected chi connectivity index (χ2v) is 9.99. The summed E-state index contributed by atoms with van der Waals surface area (Å²) in [6, 6.07) is 6.10. The summed E-state index contributed by atoms with van der Waals surface area (Å²) in [7, 11) is 0. The van der Waals surface area contributed by atoms with E-state index in [0.717, 1.165) is 53.9 Å². The maximum Gasteiger partial charge on any atom is 0.293 e. The van der Waals surface area contributed by atoms with E-state index in [9.17, 15) is 9.59 Å². The van der Waals surface area contributed by atoms with Crippen LogP contribution in [0.2, 0.25) is 0 Å². The molecule has 3 heterocycles. The molecular formula is C24H34ClN3O2S2. The van der Waals surface area contributed by atoms with Crippen molar-refractivity contribution in [3.63, 3.8) is 0 Å². The summed E-state index contributed by atoms with van der Waals surface area (Å²) in [4.78, 5) is 31.1. The Balaban J connectivity index is 0.00000363. The number of hydrogen-bond donors (Lipinski definition) is 0. The zero-order valence-corrected chi connectivity index (χ0v) is 21.3. The van der Waals surface area contributed by atoms with E-state index in [-0.39, 0.29) is 23.6 Å². The van der Waals surface area contributed by atoms with E-state index in [4.69, 9.17) is 0 Å². The number of thioether (sulfide) groups is 2. The number of carbonyl (C=O) groups excluding carboxylic acids is 2. The number of allylic oxidation sites excluding steroid dienone is 1. The van der Waals surface area contributed by atoms with Gasteiger partial charge in [-0.2, -0.15) is 0 Å². The Morgan fingerprint density at radius 1 is 1.03 bits per heavy atom. The van der Waals surface area contributed by atoms with Gasteiger partial charge in [0.2, 0.25) is 0 Å². The smallest absolute Gasteiger partial charge is 0.293 e. The SMILES string of the molecule is CCCCCCCCC/C=C1/SC(=O)N(CCCCSc2cccc3nccn23)C1=O.Cl. The van der Waals surface area contributed by atoms with Crippen molar-refractivity contribution in [2.24, 2.45) is 0 Å². The first-order valence-electron chi connectivity index (χ1n) is 11.5. The highest BCUT2D eigenvalue weighted by atomic mass is 35.5. The molecule has 8 heteroatoms. The van der Waals surface area contributed by atoms with Crippen molar-refractivity contribution < 1.29 is 9.59 Å². The molecule has 0 aromatic carbocycles. The summed E-state index contributed by atoms with van der Waals surface area (Å²) in [6.07, 6.45) is 17.2. The second-order valence-electron chi connectivity index (χ2n) is 7.88. The van der Waals surface area contributed by atoms with Gasteiger partial charge >= 0.3 is 0 Å². The van der Waals surface area contributed by atoms with E-state index < -0.39 is 0 Å². The minimum Gasteiger partial charge on any atom is -0.294 e. The lowest BCUT2D eigenvalue weighted by molar-refractivity contribution is -0.122. The Morgan fingerprint density at radius 2 is 1.81 bits per heavy atom. The second kappa shape index (κ2) is 14.7. The number of amides is 2. The molecule has 5 nitrogen and oxygen atoms in total. The molecular weight excluding hydrogens is 462 g/mol. The summed E-state index contributed by atoms with van der Waals surface area (Å²) < 4.78 is 2.08. The van der Waals surface area contributed by atoms with Gasteiger partial charge in [-0.1, -0.05) is 57.6 Å².